The normalized spacial score (nSPS) is 13.1. The minimum absolute atomic E-state index is 0.0308. The van der Waals surface area contributed by atoms with Crippen molar-refractivity contribution >= 4 is 5.91 Å². The Labute approximate surface area is 138 Å². The Hall–Kier alpha value is -2.04. The summed E-state index contributed by atoms with van der Waals surface area (Å²) in [6, 6.07) is 3.82. The maximum absolute atomic E-state index is 12.3. The Morgan fingerprint density at radius 2 is 2.13 bits per heavy atom. The van der Waals surface area contributed by atoms with Gasteiger partial charge in [0.1, 0.15) is 11.5 Å². The molecule has 1 N–H and O–H groups in total. The lowest BCUT2D eigenvalue weighted by atomic mass is 9.85. The van der Waals surface area contributed by atoms with Crippen molar-refractivity contribution in [3.63, 3.8) is 0 Å². The zero-order valence-corrected chi connectivity index (χ0v) is 14.7. The summed E-state index contributed by atoms with van der Waals surface area (Å²) in [7, 11) is 1.88. The second-order valence-corrected chi connectivity index (χ2v) is 7.05. The topological polar surface area (TPSA) is 60.1 Å². The molecule has 0 unspecified atom stereocenters. The molecule has 2 aromatic rings. The van der Waals surface area contributed by atoms with E-state index in [-0.39, 0.29) is 17.4 Å². The fourth-order valence-electron chi connectivity index (χ4n) is 2.55. The zero-order chi connectivity index (χ0) is 17.0. The predicted molar refractivity (Wildman–Crippen MR) is 90.0 cm³/mol. The number of furan rings is 1. The van der Waals surface area contributed by atoms with Crippen LogP contribution in [0.2, 0.25) is 0 Å². The Balaban J connectivity index is 2.01. The van der Waals surface area contributed by atoms with Crippen LogP contribution in [-0.4, -0.2) is 15.7 Å². The number of aromatic nitrogens is 2. The SMILES string of the molecule is CCc1ccc([C@@H](NC(=O)CCc2cnn(C)c2)C(C)(C)C)o1. The molecule has 2 aromatic heterocycles. The van der Waals surface area contributed by atoms with Crippen LogP contribution in [0.1, 0.15) is 57.2 Å². The molecule has 5 heteroatoms. The molecule has 1 atom stereocenters. The van der Waals surface area contributed by atoms with Gasteiger partial charge in [-0.1, -0.05) is 27.7 Å². The smallest absolute Gasteiger partial charge is 0.220 e. The van der Waals surface area contributed by atoms with E-state index in [0.29, 0.717) is 12.8 Å². The van der Waals surface area contributed by atoms with Crippen molar-refractivity contribution in [3.05, 3.63) is 41.6 Å². The Morgan fingerprint density at radius 1 is 1.39 bits per heavy atom. The van der Waals surface area contributed by atoms with E-state index >= 15 is 0 Å². The molecule has 0 aromatic carbocycles. The molecular formula is C18H27N3O2. The number of amides is 1. The van der Waals surface area contributed by atoms with E-state index in [1.807, 2.05) is 25.4 Å². The van der Waals surface area contributed by atoms with Gasteiger partial charge in [0.15, 0.2) is 0 Å². The molecule has 0 aliphatic carbocycles. The quantitative estimate of drug-likeness (QED) is 0.888. The van der Waals surface area contributed by atoms with Gasteiger partial charge in [0, 0.05) is 26.1 Å². The number of aryl methyl sites for hydroxylation is 3. The van der Waals surface area contributed by atoms with Gasteiger partial charge in [-0.3, -0.25) is 9.48 Å². The number of rotatable bonds is 6. The van der Waals surface area contributed by atoms with Gasteiger partial charge in [-0.15, -0.1) is 0 Å². The van der Waals surface area contributed by atoms with Gasteiger partial charge in [0.05, 0.1) is 12.2 Å². The first-order valence-electron chi connectivity index (χ1n) is 8.15. The summed E-state index contributed by atoms with van der Waals surface area (Å²) in [5.41, 5.74) is 0.952. The summed E-state index contributed by atoms with van der Waals surface area (Å²) in [6.45, 7) is 8.37. The highest BCUT2D eigenvalue weighted by Gasteiger charge is 2.30. The molecule has 2 heterocycles. The summed E-state index contributed by atoms with van der Waals surface area (Å²) in [5, 5.41) is 7.25. The number of carbonyl (C=O) groups is 1. The lowest BCUT2D eigenvalue weighted by Gasteiger charge is -2.30. The summed E-state index contributed by atoms with van der Waals surface area (Å²) in [5.74, 6) is 1.80. The molecule has 0 aliphatic heterocycles. The van der Waals surface area contributed by atoms with Crippen LogP contribution in [0.15, 0.2) is 28.9 Å². The van der Waals surface area contributed by atoms with Crippen molar-refractivity contribution in [2.75, 3.05) is 0 Å². The fraction of sp³-hybridized carbons (Fsp3) is 0.556. The zero-order valence-electron chi connectivity index (χ0n) is 14.7. The average molecular weight is 317 g/mol. The third kappa shape index (κ3) is 4.71. The molecule has 0 radical (unpaired) electrons. The lowest BCUT2D eigenvalue weighted by molar-refractivity contribution is -0.122. The van der Waals surface area contributed by atoms with Crippen molar-refractivity contribution in [3.8, 4) is 0 Å². The predicted octanol–water partition coefficient (Wildman–Crippen LogP) is 3.41. The van der Waals surface area contributed by atoms with E-state index in [2.05, 4.69) is 38.1 Å². The molecule has 126 valence electrons. The molecule has 0 bridgehead atoms. The van der Waals surface area contributed by atoms with Crippen LogP contribution in [0.4, 0.5) is 0 Å². The molecule has 0 saturated heterocycles. The first-order chi connectivity index (χ1) is 10.8. The number of nitrogens with zero attached hydrogens (tertiary/aromatic N) is 2. The number of hydrogen-bond donors (Lipinski definition) is 1. The molecule has 0 fully saturated rings. The summed E-state index contributed by atoms with van der Waals surface area (Å²) >= 11 is 0. The Kier molecular flexibility index (Phi) is 5.29. The number of carbonyl (C=O) groups excluding carboxylic acids is 1. The van der Waals surface area contributed by atoms with Crippen LogP contribution in [0.25, 0.3) is 0 Å². The van der Waals surface area contributed by atoms with Gasteiger partial charge < -0.3 is 9.73 Å². The summed E-state index contributed by atoms with van der Waals surface area (Å²) in [6.07, 6.45) is 5.73. The number of hydrogen-bond acceptors (Lipinski definition) is 3. The molecule has 1 amide bonds. The number of nitrogens with one attached hydrogen (secondary N) is 1. The fourth-order valence-corrected chi connectivity index (χ4v) is 2.55. The Bertz CT molecular complexity index is 649. The van der Waals surface area contributed by atoms with E-state index in [1.54, 1.807) is 10.9 Å². The maximum atomic E-state index is 12.3. The van der Waals surface area contributed by atoms with Gasteiger partial charge >= 0.3 is 0 Å². The van der Waals surface area contributed by atoms with E-state index in [0.717, 1.165) is 23.5 Å². The van der Waals surface area contributed by atoms with Crippen LogP contribution < -0.4 is 5.32 Å². The maximum Gasteiger partial charge on any atom is 0.220 e. The van der Waals surface area contributed by atoms with Crippen molar-refractivity contribution < 1.29 is 9.21 Å². The highest BCUT2D eigenvalue weighted by molar-refractivity contribution is 5.76. The first-order valence-corrected chi connectivity index (χ1v) is 8.15. The highest BCUT2D eigenvalue weighted by atomic mass is 16.3. The monoisotopic (exact) mass is 317 g/mol. The minimum Gasteiger partial charge on any atom is -0.464 e. The molecule has 5 nitrogen and oxygen atoms in total. The lowest BCUT2D eigenvalue weighted by Crippen LogP contribution is -2.36. The molecule has 0 aliphatic rings. The van der Waals surface area contributed by atoms with E-state index in [9.17, 15) is 4.79 Å². The van der Waals surface area contributed by atoms with Crippen molar-refractivity contribution in [1.29, 1.82) is 0 Å². The molecular weight excluding hydrogens is 290 g/mol. The van der Waals surface area contributed by atoms with Crippen molar-refractivity contribution in [2.24, 2.45) is 12.5 Å². The second kappa shape index (κ2) is 7.02. The molecule has 23 heavy (non-hydrogen) atoms. The van der Waals surface area contributed by atoms with E-state index < -0.39 is 0 Å². The summed E-state index contributed by atoms with van der Waals surface area (Å²) < 4.78 is 7.61. The van der Waals surface area contributed by atoms with Gasteiger partial charge in [-0.2, -0.15) is 5.10 Å². The second-order valence-electron chi connectivity index (χ2n) is 7.05. The van der Waals surface area contributed by atoms with E-state index in [4.69, 9.17) is 4.42 Å². The highest BCUT2D eigenvalue weighted by Crippen LogP contribution is 2.33. The first kappa shape index (κ1) is 17.3. The Morgan fingerprint density at radius 3 is 2.65 bits per heavy atom. The molecule has 2 rings (SSSR count). The molecule has 0 saturated carbocycles. The third-order valence-corrected chi connectivity index (χ3v) is 3.89. The van der Waals surface area contributed by atoms with Gasteiger partial charge in [-0.05, 0) is 29.5 Å². The molecule has 0 spiro atoms. The van der Waals surface area contributed by atoms with Gasteiger partial charge in [0.25, 0.3) is 0 Å². The van der Waals surface area contributed by atoms with Crippen LogP contribution in [-0.2, 0) is 24.7 Å². The van der Waals surface area contributed by atoms with Crippen molar-refractivity contribution in [1.82, 2.24) is 15.1 Å². The minimum atomic E-state index is -0.135. The van der Waals surface area contributed by atoms with Crippen molar-refractivity contribution in [2.45, 2.75) is 53.0 Å². The summed E-state index contributed by atoms with van der Waals surface area (Å²) in [4.78, 5) is 12.3. The third-order valence-electron chi connectivity index (χ3n) is 3.89. The van der Waals surface area contributed by atoms with Gasteiger partial charge in [0.2, 0.25) is 5.91 Å². The average Bonchev–Trinajstić information content (AvgIpc) is 3.10. The van der Waals surface area contributed by atoms with Crippen LogP contribution in [0.5, 0.6) is 0 Å². The van der Waals surface area contributed by atoms with Gasteiger partial charge in [-0.25, -0.2) is 0 Å². The van der Waals surface area contributed by atoms with Crippen LogP contribution in [0, 0.1) is 5.41 Å². The largest absolute Gasteiger partial charge is 0.464 e. The van der Waals surface area contributed by atoms with Crippen LogP contribution in [0.3, 0.4) is 0 Å². The standard InChI is InChI=1S/C18H27N3O2/c1-6-14-8-9-15(23-14)17(18(2,3)4)20-16(22)10-7-13-11-19-21(5)12-13/h8-9,11-12,17H,6-7,10H2,1-5H3,(H,20,22)/t17-/m1/s1. The van der Waals surface area contributed by atoms with E-state index in [1.165, 1.54) is 0 Å². The van der Waals surface area contributed by atoms with Crippen LogP contribution >= 0.6 is 0 Å².